The molecule has 71 heavy (non-hydrogen) atoms. The number of hydrogen-bond donors (Lipinski definition) is 3. The van der Waals surface area contributed by atoms with Gasteiger partial charge in [-0.05, 0) is 67.0 Å². The molecule has 3 aliphatic carbocycles. The lowest BCUT2D eigenvalue weighted by Gasteiger charge is -2.67. The molecule has 1 amide bonds. The number of nitrogens with one attached hydrogen (secondary N) is 1. The summed E-state index contributed by atoms with van der Waals surface area (Å²) in [4.78, 5) is 100.0. The molecule has 0 radical (unpaired) electrons. The Labute approximate surface area is 416 Å². The first-order valence-corrected chi connectivity index (χ1v) is 24.3. The van der Waals surface area contributed by atoms with Crippen molar-refractivity contribution in [1.82, 2.24) is 5.32 Å². The average molecular weight is 1000 g/mol. The second-order valence-corrected chi connectivity index (χ2v) is 19.6. The molecule has 2 bridgehead atoms. The van der Waals surface area contributed by atoms with E-state index >= 15 is 9.59 Å². The van der Waals surface area contributed by atoms with E-state index in [0.29, 0.717) is 5.56 Å². The summed E-state index contributed by atoms with van der Waals surface area (Å²) in [7, 11) is 0. The quantitative estimate of drug-likeness (QED) is 0.0632. The van der Waals surface area contributed by atoms with Gasteiger partial charge in [-0.3, -0.25) is 24.0 Å². The van der Waals surface area contributed by atoms with E-state index in [9.17, 15) is 33.5 Å². The van der Waals surface area contributed by atoms with Crippen molar-refractivity contribution < 1.29 is 76.2 Å². The van der Waals surface area contributed by atoms with Gasteiger partial charge in [-0.2, -0.15) is 12.6 Å². The fourth-order valence-corrected chi connectivity index (χ4v) is 11.1. The van der Waals surface area contributed by atoms with Crippen LogP contribution in [0, 0.1) is 22.6 Å². The van der Waals surface area contributed by atoms with E-state index in [1.807, 2.05) is 0 Å². The van der Waals surface area contributed by atoms with E-state index in [-0.39, 0.29) is 60.5 Å². The van der Waals surface area contributed by atoms with E-state index < -0.39 is 124 Å². The molecule has 7 rings (SSSR count). The maximum absolute atomic E-state index is 16.2. The molecule has 2 unspecified atom stereocenters. The minimum Gasteiger partial charge on any atom is -0.461 e. The third kappa shape index (κ3) is 9.75. The molecule has 1 heterocycles. The van der Waals surface area contributed by atoms with Crippen molar-refractivity contribution in [2.75, 3.05) is 19.0 Å². The Bertz CT molecular complexity index is 2560. The summed E-state index contributed by atoms with van der Waals surface area (Å²) in [5.74, 6) is -8.07. The van der Waals surface area contributed by atoms with Crippen LogP contribution in [-0.4, -0.2) is 113 Å². The molecule has 2 saturated carbocycles. The molecule has 1 aliphatic heterocycles. The number of thiol groups is 1. The summed E-state index contributed by atoms with van der Waals surface area (Å²) in [6, 6.07) is 20.1. The lowest BCUT2D eigenvalue weighted by atomic mass is 9.44. The molecule has 3 fully saturated rings. The Morgan fingerprint density at radius 1 is 0.859 bits per heavy atom. The number of carbonyl (C=O) groups is 7. The Balaban J connectivity index is 1.46. The van der Waals surface area contributed by atoms with Crippen molar-refractivity contribution in [2.24, 2.45) is 16.7 Å². The number of Topliss-reactive ketones (excluding diaryl/α,β-unsaturated/α-hetero) is 1. The predicted octanol–water partition coefficient (Wildman–Crippen LogP) is 6.18. The number of ether oxygens (including phenoxy) is 7. The summed E-state index contributed by atoms with van der Waals surface area (Å²) >= 11 is 4.32. The molecular weight excluding hydrogens is 942 g/mol. The lowest BCUT2D eigenvalue weighted by molar-refractivity contribution is -0.346. The number of aliphatic hydroxyl groups is 1. The number of benzene rings is 3. The van der Waals surface area contributed by atoms with Crippen LogP contribution in [-0.2, 0) is 57.1 Å². The molecule has 18 heteroatoms. The minimum absolute atomic E-state index is 0.0164. The van der Waals surface area contributed by atoms with E-state index in [1.54, 1.807) is 88.4 Å². The van der Waals surface area contributed by atoms with Gasteiger partial charge in [0.05, 0.1) is 36.2 Å². The van der Waals surface area contributed by atoms with Gasteiger partial charge >= 0.3 is 29.8 Å². The molecule has 3 aromatic carbocycles. The fourth-order valence-electron chi connectivity index (χ4n) is 11.0. The van der Waals surface area contributed by atoms with Crippen LogP contribution in [0.4, 0.5) is 4.39 Å². The van der Waals surface area contributed by atoms with Crippen molar-refractivity contribution in [3.05, 3.63) is 119 Å². The van der Waals surface area contributed by atoms with Crippen LogP contribution in [0.5, 0.6) is 0 Å². The summed E-state index contributed by atoms with van der Waals surface area (Å²) in [5, 5.41) is 17.0. The smallest absolute Gasteiger partial charge is 0.338 e. The second kappa shape index (κ2) is 21.0. The number of halogens is 1. The number of esters is 5. The van der Waals surface area contributed by atoms with Gasteiger partial charge in [0, 0.05) is 49.3 Å². The van der Waals surface area contributed by atoms with Crippen LogP contribution >= 0.6 is 12.6 Å². The van der Waals surface area contributed by atoms with Gasteiger partial charge < -0.3 is 43.6 Å². The third-order valence-corrected chi connectivity index (χ3v) is 14.9. The normalized spacial score (nSPS) is 29.2. The summed E-state index contributed by atoms with van der Waals surface area (Å²) in [6.45, 7) is 9.83. The van der Waals surface area contributed by atoms with Crippen LogP contribution in [0.15, 0.2) is 96.1 Å². The zero-order chi connectivity index (χ0) is 51.6. The Hall–Kier alpha value is -5.95. The average Bonchev–Trinajstić information content (AvgIpc) is 3.34. The number of hydrogen-bond acceptors (Lipinski definition) is 16. The predicted molar refractivity (Wildman–Crippen MR) is 254 cm³/mol. The molecule has 380 valence electrons. The molecule has 0 spiro atoms. The highest BCUT2D eigenvalue weighted by molar-refractivity contribution is 7.80. The molecule has 0 aromatic heterocycles. The first-order chi connectivity index (χ1) is 33.7. The minimum atomic E-state index is -2.49. The highest BCUT2D eigenvalue weighted by Crippen LogP contribution is 2.65. The number of fused-ring (bicyclic) bond motifs is 5. The van der Waals surface area contributed by atoms with Gasteiger partial charge in [-0.25, -0.2) is 14.0 Å². The number of carbonyl (C=O) groups excluding carboxylic acids is 7. The van der Waals surface area contributed by atoms with E-state index in [4.69, 9.17) is 33.2 Å². The van der Waals surface area contributed by atoms with Crippen LogP contribution < -0.4 is 5.32 Å². The zero-order valence-electron chi connectivity index (χ0n) is 40.6. The van der Waals surface area contributed by atoms with E-state index in [2.05, 4.69) is 17.9 Å². The third-order valence-electron chi connectivity index (χ3n) is 14.7. The lowest BCUT2D eigenvalue weighted by Crippen LogP contribution is -2.82. The van der Waals surface area contributed by atoms with Crippen molar-refractivity contribution in [2.45, 2.75) is 128 Å². The van der Waals surface area contributed by atoms with Gasteiger partial charge in [0.2, 0.25) is 0 Å². The first kappa shape index (κ1) is 52.9. The second-order valence-electron chi connectivity index (χ2n) is 19.1. The summed E-state index contributed by atoms with van der Waals surface area (Å²) in [5.41, 5.74) is -7.47. The van der Waals surface area contributed by atoms with Crippen LogP contribution in [0.1, 0.15) is 106 Å². The molecule has 3 aromatic rings. The Kier molecular flexibility index (Phi) is 15.7. The highest BCUT2D eigenvalue weighted by atomic mass is 32.1. The van der Waals surface area contributed by atoms with Gasteiger partial charge in [-0.15, -0.1) is 0 Å². The summed E-state index contributed by atoms with van der Waals surface area (Å²) in [6.07, 6.45) is -10.5. The fraction of sp³-hybridized carbons (Fsp3) is 0.491. The van der Waals surface area contributed by atoms with E-state index in [0.717, 1.165) is 31.2 Å². The van der Waals surface area contributed by atoms with Crippen LogP contribution in [0.3, 0.4) is 0 Å². The number of rotatable bonds is 16. The molecule has 4 aliphatic rings. The SMILES string of the molecule is CCC(=O)O[C@H]1C(=O)[C@@]2(C)C(C(OC(=O)c3ccc(F)cc3)[C@]3(O)C[C@H](OC(=O)[C@H](OCCS)[C@@H](NC(=O)c4ccccc4)c4ccccc4)C(C)=C1C3(C)C)[C@]1(OC(C)=O)CO[C@@H]1C[C@@H]2OC(=O)CC. The zero-order valence-corrected chi connectivity index (χ0v) is 41.5. The van der Waals surface area contributed by atoms with Crippen molar-refractivity contribution in [1.29, 1.82) is 0 Å². The molecule has 1 saturated heterocycles. The number of ketones is 1. The molecule has 11 atom stereocenters. The highest BCUT2D eigenvalue weighted by Gasteiger charge is 2.79. The number of amides is 1. The molecule has 2 N–H and O–H groups in total. The van der Waals surface area contributed by atoms with Gasteiger partial charge in [0.15, 0.2) is 23.6 Å². The topological polar surface area (TPSA) is 216 Å². The Morgan fingerprint density at radius 2 is 1.48 bits per heavy atom. The largest absolute Gasteiger partial charge is 0.461 e. The van der Waals surface area contributed by atoms with Crippen LogP contribution in [0.25, 0.3) is 0 Å². The maximum Gasteiger partial charge on any atom is 0.338 e. The maximum atomic E-state index is 16.2. The van der Waals surface area contributed by atoms with Crippen LogP contribution in [0.2, 0.25) is 0 Å². The van der Waals surface area contributed by atoms with Gasteiger partial charge in [0.1, 0.15) is 35.8 Å². The molecule has 16 nitrogen and oxygen atoms in total. The standard InChI is InChI=1S/C53H60FNO15S/c1-8-38(57)67-36-26-37-52(28-65-37,70-30(4)56)44-46(69-48(61)33-20-22-34(54)23-21-33)53(63)27-35(29(3)40(50(53,5)6)42(68-39(58)9-2)45(59)51(36,44)7)66-49(62)43(64-24-25-71)41(31-16-12-10-13-17-31)55-47(60)32-18-14-11-15-19-32/h10-23,35-37,41-44,46,63,71H,8-9,24-28H2,1-7H3,(H,55,60)/t35-,36-,37+,41-,42+,43+,44?,46?,51+,52-,53+/m0/s1. The molecular formula is C53H60FNO15S. The summed E-state index contributed by atoms with van der Waals surface area (Å²) < 4.78 is 57.9. The monoisotopic (exact) mass is 1000 g/mol. The van der Waals surface area contributed by atoms with Gasteiger partial charge in [0.25, 0.3) is 5.91 Å². The van der Waals surface area contributed by atoms with Crippen molar-refractivity contribution in [3.8, 4) is 0 Å². The van der Waals surface area contributed by atoms with Crippen molar-refractivity contribution >= 4 is 54.2 Å². The van der Waals surface area contributed by atoms with Crippen molar-refractivity contribution in [3.63, 3.8) is 0 Å². The van der Waals surface area contributed by atoms with E-state index in [1.165, 1.54) is 13.8 Å². The Morgan fingerprint density at radius 3 is 2.06 bits per heavy atom. The van der Waals surface area contributed by atoms with Gasteiger partial charge in [-0.1, -0.05) is 76.2 Å². The first-order valence-electron chi connectivity index (χ1n) is 23.7.